The average molecular weight is 435 g/mol. The Balaban J connectivity index is 4.45. The van der Waals surface area contributed by atoms with Gasteiger partial charge in [0.1, 0.15) is 7.41 Å². The monoisotopic (exact) mass is 434 g/mol. The van der Waals surface area contributed by atoms with Crippen LogP contribution in [0.25, 0.3) is 0 Å². The van der Waals surface area contributed by atoms with E-state index in [9.17, 15) is 0 Å². The van der Waals surface area contributed by atoms with E-state index in [2.05, 4.69) is 32.0 Å². The summed E-state index contributed by atoms with van der Waals surface area (Å²) in [6.45, 7) is 6.92. The van der Waals surface area contributed by atoms with Gasteiger partial charge in [-0.25, -0.2) is 0 Å². The molecule has 0 aromatic heterocycles. The van der Waals surface area contributed by atoms with Crippen LogP contribution in [-0.2, 0) is 0 Å². The lowest BCUT2D eigenvalue weighted by atomic mass is 10.1. The highest BCUT2D eigenvalue weighted by atomic mass is 35.5. The molecule has 0 heterocycles. The average Bonchev–Trinajstić information content (AvgIpc) is 2.69. The second-order valence-corrected chi connectivity index (χ2v) is 13.9. The minimum atomic E-state index is -1.14. The third-order valence-electron chi connectivity index (χ3n) is 6.37. The Morgan fingerprint density at radius 3 is 0.964 bits per heavy atom. The van der Waals surface area contributed by atoms with Crippen molar-refractivity contribution in [2.24, 2.45) is 0 Å². The van der Waals surface area contributed by atoms with Crippen molar-refractivity contribution in [1.82, 2.24) is 4.19 Å². The van der Waals surface area contributed by atoms with Crippen LogP contribution < -0.4 is 0 Å². The van der Waals surface area contributed by atoms with Crippen molar-refractivity contribution < 1.29 is 0 Å². The van der Waals surface area contributed by atoms with Gasteiger partial charge in [0.25, 0.3) is 0 Å². The van der Waals surface area contributed by atoms with Gasteiger partial charge in [0.2, 0.25) is 0 Å². The molecule has 0 aromatic carbocycles. The number of halogens is 1. The zero-order valence-corrected chi connectivity index (χ0v) is 21.8. The molecular formula is C25H54ClNP+. The Hall–Kier alpha value is 0.680. The van der Waals surface area contributed by atoms with Crippen LogP contribution in [0.5, 0.6) is 0 Å². The van der Waals surface area contributed by atoms with E-state index in [0.717, 1.165) is 0 Å². The lowest BCUT2D eigenvalue weighted by molar-refractivity contribution is 0.609. The normalized spacial score (nSPS) is 12.2. The van der Waals surface area contributed by atoms with Crippen LogP contribution in [0.15, 0.2) is 0 Å². The molecule has 0 unspecified atom stereocenters. The zero-order chi connectivity index (χ0) is 20.9. The van der Waals surface area contributed by atoms with Gasteiger partial charge < -0.3 is 0 Å². The molecule has 3 heteroatoms. The smallest absolute Gasteiger partial charge is 0.0969 e. The summed E-state index contributed by atoms with van der Waals surface area (Å²) in [5.41, 5.74) is 0. The first-order chi connectivity index (χ1) is 13.6. The van der Waals surface area contributed by atoms with Crippen molar-refractivity contribution in [3.8, 4) is 0 Å². The van der Waals surface area contributed by atoms with Crippen LogP contribution in [0.3, 0.4) is 0 Å². The summed E-state index contributed by atoms with van der Waals surface area (Å²) in [5.74, 6) is 0. The molecule has 0 aromatic rings. The Morgan fingerprint density at radius 2 is 0.714 bits per heavy atom. The second kappa shape index (κ2) is 20.9. The summed E-state index contributed by atoms with van der Waals surface area (Å²) in [6.07, 6.45) is 29.5. The predicted molar refractivity (Wildman–Crippen MR) is 135 cm³/mol. The van der Waals surface area contributed by atoms with E-state index in [1.165, 1.54) is 134 Å². The first-order valence-corrected chi connectivity index (χ1v) is 15.5. The standard InChI is InChI=1S/C25H54ClNP/c1-5-8-11-14-17-20-23-28(27(4)26,24-21-18-15-12-9-6-2)25-22-19-16-13-10-7-3/h5-25H2,1-4H3/q+1. The van der Waals surface area contributed by atoms with Crippen LogP contribution in [0.1, 0.15) is 136 Å². The van der Waals surface area contributed by atoms with Crippen LogP contribution in [0.2, 0.25) is 0 Å². The fourth-order valence-electron chi connectivity index (χ4n) is 4.31. The largest absolute Gasteiger partial charge is 0.101 e. The molecular weight excluding hydrogens is 381 g/mol. The zero-order valence-electron chi connectivity index (χ0n) is 20.1. The number of rotatable bonds is 22. The number of nitrogens with zero attached hydrogens (tertiary/aromatic N) is 1. The van der Waals surface area contributed by atoms with Crippen molar-refractivity contribution in [1.29, 1.82) is 0 Å². The highest BCUT2D eigenvalue weighted by Gasteiger charge is 2.40. The van der Waals surface area contributed by atoms with Crippen molar-refractivity contribution in [3.05, 3.63) is 0 Å². The Bertz CT molecular complexity index is 268. The Kier molecular flexibility index (Phi) is 21.4. The molecule has 0 rings (SSSR count). The van der Waals surface area contributed by atoms with Crippen molar-refractivity contribution in [2.75, 3.05) is 25.5 Å². The van der Waals surface area contributed by atoms with Gasteiger partial charge in [0, 0.05) is 18.8 Å². The van der Waals surface area contributed by atoms with Crippen LogP contribution >= 0.6 is 19.2 Å². The van der Waals surface area contributed by atoms with Gasteiger partial charge in [-0.3, -0.25) is 0 Å². The summed E-state index contributed by atoms with van der Waals surface area (Å²) >= 11 is 6.77. The van der Waals surface area contributed by atoms with Gasteiger partial charge in [-0.15, -0.1) is 0 Å². The number of unbranched alkanes of at least 4 members (excludes halogenated alkanes) is 15. The molecule has 0 amide bonds. The molecule has 0 atom stereocenters. The molecule has 0 saturated carbocycles. The molecule has 0 spiro atoms. The van der Waals surface area contributed by atoms with Crippen LogP contribution in [0.4, 0.5) is 0 Å². The summed E-state index contributed by atoms with van der Waals surface area (Å²) in [5, 5.41) is 0. The number of hydrogen-bond donors (Lipinski definition) is 0. The molecule has 0 fully saturated rings. The molecule has 0 aliphatic heterocycles. The van der Waals surface area contributed by atoms with E-state index in [0.29, 0.717) is 0 Å². The molecule has 0 radical (unpaired) electrons. The highest BCUT2D eigenvalue weighted by molar-refractivity contribution is 7.74. The summed E-state index contributed by atoms with van der Waals surface area (Å²) in [6, 6.07) is 0. The minimum absolute atomic E-state index is 1.14. The fraction of sp³-hybridized carbons (Fsp3) is 1.00. The first-order valence-electron chi connectivity index (χ1n) is 12.9. The van der Waals surface area contributed by atoms with E-state index in [4.69, 9.17) is 11.8 Å². The molecule has 0 bridgehead atoms. The maximum atomic E-state index is 6.77. The quantitative estimate of drug-likeness (QED) is 0.0929. The topological polar surface area (TPSA) is 3.24 Å². The van der Waals surface area contributed by atoms with E-state index >= 15 is 0 Å². The third kappa shape index (κ3) is 15.5. The van der Waals surface area contributed by atoms with E-state index in [1.54, 1.807) is 0 Å². The fourth-order valence-corrected chi connectivity index (χ4v) is 8.92. The van der Waals surface area contributed by atoms with Crippen molar-refractivity contribution in [3.63, 3.8) is 0 Å². The van der Waals surface area contributed by atoms with Gasteiger partial charge in [-0.2, -0.15) is 0 Å². The Labute approximate surface area is 185 Å². The molecule has 0 saturated heterocycles. The first kappa shape index (κ1) is 28.7. The molecule has 0 aliphatic rings. The van der Waals surface area contributed by atoms with Crippen LogP contribution in [0, 0.1) is 0 Å². The Morgan fingerprint density at radius 1 is 0.464 bits per heavy atom. The molecule has 170 valence electrons. The van der Waals surface area contributed by atoms with Crippen molar-refractivity contribution >= 4 is 19.2 Å². The molecule has 0 aliphatic carbocycles. The van der Waals surface area contributed by atoms with Gasteiger partial charge in [-0.1, -0.05) is 102 Å². The number of hydrogen-bond acceptors (Lipinski definition) is 1. The van der Waals surface area contributed by atoms with Crippen molar-refractivity contribution in [2.45, 2.75) is 136 Å². The van der Waals surface area contributed by atoms with Gasteiger partial charge >= 0.3 is 0 Å². The molecule has 0 N–H and O–H groups in total. The maximum Gasteiger partial charge on any atom is 0.101 e. The van der Waals surface area contributed by atoms with E-state index < -0.39 is 7.41 Å². The third-order valence-corrected chi connectivity index (χ3v) is 11.9. The van der Waals surface area contributed by atoms with Gasteiger partial charge in [0.05, 0.1) is 18.5 Å². The second-order valence-electron chi connectivity index (χ2n) is 9.01. The lowest BCUT2D eigenvalue weighted by Crippen LogP contribution is -2.20. The summed E-state index contributed by atoms with van der Waals surface area (Å²) in [7, 11) is 1.05. The lowest BCUT2D eigenvalue weighted by Gasteiger charge is -2.31. The summed E-state index contributed by atoms with van der Waals surface area (Å²) in [4.78, 5) is 0. The SMILES string of the molecule is CCCCCCCC[P+](CCCCCCCC)(CCCCCCCC)N(C)Cl. The predicted octanol–water partition coefficient (Wildman–Crippen LogP) is 10.1. The molecule has 28 heavy (non-hydrogen) atoms. The maximum absolute atomic E-state index is 6.77. The minimum Gasteiger partial charge on any atom is -0.0969 e. The van der Waals surface area contributed by atoms with Crippen LogP contribution in [-0.4, -0.2) is 29.7 Å². The highest BCUT2D eigenvalue weighted by Crippen LogP contribution is 2.64. The summed E-state index contributed by atoms with van der Waals surface area (Å²) < 4.78 is 2.21. The van der Waals surface area contributed by atoms with E-state index in [-0.39, 0.29) is 0 Å². The van der Waals surface area contributed by atoms with Gasteiger partial charge in [-0.05, 0) is 38.5 Å². The molecule has 1 nitrogen and oxygen atoms in total. The van der Waals surface area contributed by atoms with Gasteiger partial charge in [0.15, 0.2) is 0 Å². The van der Waals surface area contributed by atoms with E-state index in [1.807, 2.05) is 0 Å².